The van der Waals surface area contributed by atoms with Crippen molar-refractivity contribution in [2.45, 2.75) is 13.8 Å². The van der Waals surface area contributed by atoms with Crippen LogP contribution in [0.15, 0.2) is 53.6 Å². The largest absolute Gasteiger partial charge is 0.353 e. The first kappa shape index (κ1) is 21.7. The van der Waals surface area contributed by atoms with Gasteiger partial charge in [-0.3, -0.25) is 9.69 Å². The van der Waals surface area contributed by atoms with Gasteiger partial charge >= 0.3 is 0 Å². The Labute approximate surface area is 197 Å². The number of hydrogen-bond acceptors (Lipinski definition) is 8. The van der Waals surface area contributed by atoms with Gasteiger partial charge in [0.05, 0.1) is 17.0 Å². The number of nitrogens with one attached hydrogen (secondary N) is 1. The van der Waals surface area contributed by atoms with Gasteiger partial charge in [0.25, 0.3) is 0 Å². The van der Waals surface area contributed by atoms with Crippen LogP contribution in [0.1, 0.15) is 12.5 Å². The van der Waals surface area contributed by atoms with Crippen LogP contribution >= 0.6 is 11.8 Å². The van der Waals surface area contributed by atoms with Crippen molar-refractivity contribution in [3.05, 3.63) is 54.1 Å². The lowest BCUT2D eigenvalue weighted by Gasteiger charge is -2.35. The van der Waals surface area contributed by atoms with E-state index < -0.39 is 0 Å². The smallest absolute Gasteiger partial charge is 0.246 e. The van der Waals surface area contributed by atoms with Gasteiger partial charge in [0.1, 0.15) is 5.82 Å². The molecule has 3 heterocycles. The molecular weight excluding hydrogens is 434 g/mol. The highest BCUT2D eigenvalue weighted by atomic mass is 32.2. The SMILES string of the molecule is CCN1CCN(c2nc(NN=C3SCC(=O)N3c3ccccc3C)nc3ccccc23)CC1. The summed E-state index contributed by atoms with van der Waals surface area (Å²) in [5.74, 6) is 1.73. The summed E-state index contributed by atoms with van der Waals surface area (Å²) in [6.07, 6.45) is 0. The number of amides is 1. The predicted molar refractivity (Wildman–Crippen MR) is 136 cm³/mol. The number of piperazine rings is 1. The first-order valence-electron chi connectivity index (χ1n) is 11.2. The van der Waals surface area contributed by atoms with E-state index in [9.17, 15) is 4.79 Å². The highest BCUT2D eigenvalue weighted by Gasteiger charge is 2.31. The van der Waals surface area contributed by atoms with Crippen LogP contribution in [0.5, 0.6) is 0 Å². The predicted octanol–water partition coefficient (Wildman–Crippen LogP) is 3.54. The molecule has 1 aromatic heterocycles. The number of rotatable bonds is 5. The van der Waals surface area contributed by atoms with Crippen molar-refractivity contribution in [2.75, 3.05) is 53.7 Å². The lowest BCUT2D eigenvalue weighted by molar-refractivity contribution is -0.115. The minimum absolute atomic E-state index is 0.0174. The van der Waals surface area contributed by atoms with Crippen molar-refractivity contribution in [1.82, 2.24) is 14.9 Å². The fourth-order valence-electron chi connectivity index (χ4n) is 4.22. The van der Waals surface area contributed by atoms with Crippen molar-refractivity contribution >= 4 is 51.2 Å². The molecule has 33 heavy (non-hydrogen) atoms. The summed E-state index contributed by atoms with van der Waals surface area (Å²) < 4.78 is 0. The summed E-state index contributed by atoms with van der Waals surface area (Å²) in [6, 6.07) is 15.9. The van der Waals surface area contributed by atoms with E-state index in [-0.39, 0.29) is 5.91 Å². The Morgan fingerprint density at radius 1 is 1.03 bits per heavy atom. The first-order valence-corrected chi connectivity index (χ1v) is 12.2. The van der Waals surface area contributed by atoms with Gasteiger partial charge in [0, 0.05) is 31.6 Å². The fourth-order valence-corrected chi connectivity index (χ4v) is 5.04. The number of carbonyl (C=O) groups excluding carboxylic acids is 1. The molecule has 1 N–H and O–H groups in total. The number of aryl methyl sites for hydroxylation is 1. The Morgan fingerprint density at radius 3 is 2.58 bits per heavy atom. The highest BCUT2D eigenvalue weighted by Crippen LogP contribution is 2.30. The maximum absolute atomic E-state index is 12.6. The number of likely N-dealkylation sites (N-methyl/N-ethyl adjacent to an activating group) is 1. The van der Waals surface area contributed by atoms with Crippen LogP contribution in [0.3, 0.4) is 0 Å². The second kappa shape index (κ2) is 9.36. The van der Waals surface area contributed by atoms with Crippen LogP contribution in [-0.2, 0) is 4.79 Å². The Kier molecular flexibility index (Phi) is 6.15. The van der Waals surface area contributed by atoms with Gasteiger partial charge < -0.3 is 9.80 Å². The zero-order valence-corrected chi connectivity index (χ0v) is 19.7. The van der Waals surface area contributed by atoms with E-state index in [1.165, 1.54) is 11.8 Å². The van der Waals surface area contributed by atoms with Gasteiger partial charge in [-0.25, -0.2) is 10.4 Å². The summed E-state index contributed by atoms with van der Waals surface area (Å²) in [4.78, 5) is 28.5. The van der Waals surface area contributed by atoms with Crippen molar-refractivity contribution < 1.29 is 4.79 Å². The lowest BCUT2D eigenvalue weighted by Crippen LogP contribution is -2.46. The van der Waals surface area contributed by atoms with Crippen LogP contribution in [0.25, 0.3) is 10.9 Å². The highest BCUT2D eigenvalue weighted by molar-refractivity contribution is 8.15. The molecule has 0 radical (unpaired) electrons. The summed E-state index contributed by atoms with van der Waals surface area (Å²) in [5, 5.41) is 6.18. The second-order valence-electron chi connectivity index (χ2n) is 8.12. The number of aromatic nitrogens is 2. The van der Waals surface area contributed by atoms with E-state index in [2.05, 4.69) is 38.3 Å². The number of amidine groups is 1. The minimum atomic E-state index is 0.0174. The molecule has 0 spiro atoms. The number of carbonyl (C=O) groups is 1. The topological polar surface area (TPSA) is 77.0 Å². The van der Waals surface area contributed by atoms with Crippen LogP contribution in [0.4, 0.5) is 17.5 Å². The molecule has 1 amide bonds. The van der Waals surface area contributed by atoms with Gasteiger partial charge in [-0.05, 0) is 37.2 Å². The Bertz CT molecular complexity index is 1210. The zero-order valence-electron chi connectivity index (χ0n) is 18.9. The van der Waals surface area contributed by atoms with E-state index in [0.29, 0.717) is 16.9 Å². The number of thioether (sulfide) groups is 1. The average Bonchev–Trinajstić information content (AvgIpc) is 3.22. The maximum Gasteiger partial charge on any atom is 0.246 e. The van der Waals surface area contributed by atoms with Gasteiger partial charge in [0.15, 0.2) is 5.17 Å². The van der Waals surface area contributed by atoms with Gasteiger partial charge in [-0.2, -0.15) is 4.98 Å². The molecule has 2 fully saturated rings. The minimum Gasteiger partial charge on any atom is -0.353 e. The molecular formula is C24H27N7OS. The molecule has 5 rings (SSSR count). The fraction of sp³-hybridized carbons (Fsp3) is 0.333. The number of nitrogens with zero attached hydrogens (tertiary/aromatic N) is 6. The summed E-state index contributed by atoms with van der Waals surface area (Å²) in [6.45, 7) is 9.14. The number of fused-ring (bicyclic) bond motifs is 1. The molecule has 0 bridgehead atoms. The number of hydrogen-bond donors (Lipinski definition) is 1. The molecule has 2 aliphatic rings. The van der Waals surface area contributed by atoms with Crippen LogP contribution < -0.4 is 15.2 Å². The molecule has 2 aliphatic heterocycles. The van der Waals surface area contributed by atoms with E-state index in [0.717, 1.165) is 60.7 Å². The van der Waals surface area contributed by atoms with Gasteiger partial charge in [-0.1, -0.05) is 49.0 Å². The van der Waals surface area contributed by atoms with Crippen molar-refractivity contribution in [2.24, 2.45) is 5.10 Å². The molecule has 8 nitrogen and oxygen atoms in total. The molecule has 0 aliphatic carbocycles. The third-order valence-electron chi connectivity index (χ3n) is 6.08. The maximum atomic E-state index is 12.6. The first-order chi connectivity index (χ1) is 16.1. The molecule has 0 atom stereocenters. The number of para-hydroxylation sites is 2. The van der Waals surface area contributed by atoms with E-state index in [1.807, 2.05) is 49.4 Å². The summed E-state index contributed by atoms with van der Waals surface area (Å²) in [5.41, 5.74) is 5.77. The molecule has 2 saturated heterocycles. The third-order valence-corrected chi connectivity index (χ3v) is 7.00. The summed E-state index contributed by atoms with van der Waals surface area (Å²) in [7, 11) is 0. The number of benzene rings is 2. The van der Waals surface area contributed by atoms with E-state index in [1.54, 1.807) is 4.90 Å². The van der Waals surface area contributed by atoms with Crippen molar-refractivity contribution in [1.29, 1.82) is 0 Å². The molecule has 0 unspecified atom stereocenters. The van der Waals surface area contributed by atoms with E-state index >= 15 is 0 Å². The van der Waals surface area contributed by atoms with Gasteiger partial charge in [-0.15, -0.1) is 5.10 Å². The lowest BCUT2D eigenvalue weighted by atomic mass is 10.2. The number of anilines is 3. The second-order valence-corrected chi connectivity index (χ2v) is 9.06. The Morgan fingerprint density at radius 2 is 1.79 bits per heavy atom. The average molecular weight is 462 g/mol. The van der Waals surface area contributed by atoms with Crippen LogP contribution in [0.2, 0.25) is 0 Å². The normalized spacial score (nSPS) is 18.5. The molecule has 3 aromatic rings. The molecule has 170 valence electrons. The van der Waals surface area contributed by atoms with Gasteiger partial charge in [0.2, 0.25) is 11.9 Å². The number of hydrazone groups is 1. The zero-order chi connectivity index (χ0) is 22.8. The quantitative estimate of drug-likeness (QED) is 0.583. The van der Waals surface area contributed by atoms with Crippen molar-refractivity contribution in [3.8, 4) is 0 Å². The van der Waals surface area contributed by atoms with Crippen LogP contribution in [-0.4, -0.2) is 64.4 Å². The third kappa shape index (κ3) is 4.38. The standard InChI is InChI=1S/C24H27N7OS/c1-3-29-12-14-30(15-13-29)22-18-9-5-6-10-19(18)25-23(26-22)27-28-24-31(21(32)16-33-24)20-11-7-4-8-17(20)2/h4-11H,3,12-16H2,1-2H3,(H,25,26,27). The molecule has 9 heteroatoms. The molecule has 2 aromatic carbocycles. The van der Waals surface area contributed by atoms with Crippen molar-refractivity contribution in [3.63, 3.8) is 0 Å². The van der Waals surface area contributed by atoms with Crippen LogP contribution in [0, 0.1) is 6.92 Å². The molecule has 0 saturated carbocycles. The van der Waals surface area contributed by atoms with E-state index in [4.69, 9.17) is 4.98 Å². The Hall–Kier alpha value is -3.17. The Balaban J connectivity index is 1.45. The summed E-state index contributed by atoms with van der Waals surface area (Å²) >= 11 is 1.41. The monoisotopic (exact) mass is 461 g/mol.